The Morgan fingerprint density at radius 2 is 1.28 bits per heavy atom. The second-order valence-electron chi connectivity index (χ2n) is 10.3. The smallest absolute Gasteiger partial charge is 0.333 e. The highest BCUT2D eigenvalue weighted by atomic mass is 32.2. The number of hydrogen-bond acceptors (Lipinski definition) is 4. The van der Waals surface area contributed by atoms with Crippen molar-refractivity contribution in [2.45, 2.75) is 103 Å². The number of carbonyl (C=O) groups is 2. The molecule has 2 aromatic carbocycles. The van der Waals surface area contributed by atoms with Gasteiger partial charge in [0.1, 0.15) is 0 Å². The number of aryl methyl sites for hydroxylation is 1. The largest absolute Gasteiger partial charge is 0.339 e. The Balaban J connectivity index is 2.01. The first kappa shape index (κ1) is 32.3. The maximum absolute atomic E-state index is 13.5. The molecule has 2 N–H and O–H groups in total. The summed E-state index contributed by atoms with van der Waals surface area (Å²) in [5.74, 6) is -0.0616. The fraction of sp³-hybridized carbons (Fsp3) is 0.548. The van der Waals surface area contributed by atoms with Gasteiger partial charge in [-0.2, -0.15) is 0 Å². The van der Waals surface area contributed by atoms with E-state index in [9.17, 15) is 18.0 Å². The number of nitrogens with zero attached hydrogens (tertiary/aromatic N) is 1. The zero-order chi connectivity index (χ0) is 28.5. The van der Waals surface area contributed by atoms with Gasteiger partial charge in [0.2, 0.25) is 0 Å². The molecule has 0 aliphatic rings. The molecule has 2 rings (SSSR count). The van der Waals surface area contributed by atoms with E-state index in [1.165, 1.54) is 63.5 Å². The van der Waals surface area contributed by atoms with Crippen LogP contribution in [0.1, 0.15) is 107 Å². The highest BCUT2D eigenvalue weighted by Gasteiger charge is 2.19. The molecule has 7 nitrogen and oxygen atoms in total. The third-order valence-electron chi connectivity index (χ3n) is 6.78. The number of benzene rings is 2. The lowest BCUT2D eigenvalue weighted by Gasteiger charge is -2.23. The number of unbranched alkanes of at least 4 members (excludes halogenated alkanes) is 10. The molecule has 0 fully saturated rings. The summed E-state index contributed by atoms with van der Waals surface area (Å²) in [7, 11) is -4.01. The lowest BCUT2D eigenvalue weighted by atomic mass is 10.1. The first-order chi connectivity index (χ1) is 18.8. The molecule has 0 radical (unpaired) electrons. The minimum absolute atomic E-state index is 0.00667. The van der Waals surface area contributed by atoms with Gasteiger partial charge in [-0.15, -0.1) is 0 Å². The van der Waals surface area contributed by atoms with Crippen molar-refractivity contribution in [1.29, 1.82) is 0 Å². The molecule has 0 bridgehead atoms. The lowest BCUT2D eigenvalue weighted by molar-refractivity contribution is 0.0749. The van der Waals surface area contributed by atoms with Gasteiger partial charge in [0.05, 0.1) is 4.90 Å². The molecule has 0 unspecified atom stereocenters. The van der Waals surface area contributed by atoms with E-state index in [0.29, 0.717) is 24.3 Å². The molecule has 0 saturated carbocycles. The van der Waals surface area contributed by atoms with Crippen molar-refractivity contribution < 1.29 is 18.0 Å². The fourth-order valence-electron chi connectivity index (χ4n) is 4.45. The highest BCUT2D eigenvalue weighted by Crippen LogP contribution is 2.16. The zero-order valence-electron chi connectivity index (χ0n) is 24.0. The van der Waals surface area contributed by atoms with Crippen LogP contribution in [0.4, 0.5) is 10.5 Å². The normalized spacial score (nSPS) is 11.3. The van der Waals surface area contributed by atoms with Crippen molar-refractivity contribution in [3.63, 3.8) is 0 Å². The molecule has 0 heterocycles. The fourth-order valence-corrected chi connectivity index (χ4v) is 5.36. The number of urea groups is 1. The number of sulfonamides is 1. The first-order valence-electron chi connectivity index (χ1n) is 14.6. The van der Waals surface area contributed by atoms with Gasteiger partial charge in [0.15, 0.2) is 0 Å². The van der Waals surface area contributed by atoms with Crippen molar-refractivity contribution in [2.24, 2.45) is 0 Å². The van der Waals surface area contributed by atoms with Gasteiger partial charge < -0.3 is 10.2 Å². The number of carbonyl (C=O) groups excluding carboxylic acids is 2. The van der Waals surface area contributed by atoms with Crippen LogP contribution < -0.4 is 10.0 Å². The first-order valence-corrected chi connectivity index (χ1v) is 16.0. The number of anilines is 1. The minimum atomic E-state index is -4.01. The van der Waals surface area contributed by atoms with E-state index in [-0.39, 0.29) is 10.8 Å². The molecular formula is C31H47N3O4S. The average Bonchev–Trinajstić information content (AvgIpc) is 2.91. The van der Waals surface area contributed by atoms with Gasteiger partial charge in [-0.1, -0.05) is 102 Å². The maximum atomic E-state index is 13.5. The van der Waals surface area contributed by atoms with Crippen LogP contribution in [0, 0.1) is 6.92 Å². The Hall–Kier alpha value is -2.87. The summed E-state index contributed by atoms with van der Waals surface area (Å²) in [5, 5.41) is 2.56. The van der Waals surface area contributed by atoms with E-state index in [0.717, 1.165) is 31.2 Å². The van der Waals surface area contributed by atoms with E-state index in [1.54, 1.807) is 36.4 Å². The molecule has 8 heteroatoms. The molecule has 0 spiro atoms. The minimum Gasteiger partial charge on any atom is -0.339 e. The summed E-state index contributed by atoms with van der Waals surface area (Å²) in [6.45, 7) is 7.69. The third kappa shape index (κ3) is 12.2. The van der Waals surface area contributed by atoms with Gasteiger partial charge >= 0.3 is 6.03 Å². The molecule has 2 aromatic rings. The van der Waals surface area contributed by atoms with E-state index in [4.69, 9.17) is 0 Å². The van der Waals surface area contributed by atoms with E-state index < -0.39 is 16.1 Å². The summed E-state index contributed by atoms with van der Waals surface area (Å²) < 4.78 is 27.1. The molecule has 0 aliphatic carbocycles. The number of amides is 3. The quantitative estimate of drug-likeness (QED) is 0.184. The zero-order valence-corrected chi connectivity index (χ0v) is 24.8. The van der Waals surface area contributed by atoms with Crippen LogP contribution >= 0.6 is 0 Å². The summed E-state index contributed by atoms with van der Waals surface area (Å²) in [4.78, 5) is 27.9. The summed E-state index contributed by atoms with van der Waals surface area (Å²) in [5.41, 5.74) is 1.75. The molecule has 0 atom stereocenters. The van der Waals surface area contributed by atoms with Crippen molar-refractivity contribution >= 4 is 27.6 Å². The monoisotopic (exact) mass is 557 g/mol. The molecule has 216 valence electrons. The standard InChI is InChI=1S/C31H47N3O4S/c1-4-6-8-10-12-14-23-34(24-15-13-11-9-7-5-2)30(35)27-17-16-18-28(25-27)32-31(36)33-39(37,38)29-21-19-26(3)20-22-29/h16-22,25H,4-15,23-24H2,1-3H3,(H2,32,33,36). The van der Waals surface area contributed by atoms with E-state index in [1.807, 2.05) is 16.5 Å². The molecule has 0 saturated heterocycles. The number of hydrogen-bond donors (Lipinski definition) is 2. The SMILES string of the molecule is CCCCCCCCN(CCCCCCCC)C(=O)c1cccc(NC(=O)NS(=O)(=O)c2ccc(C)cc2)c1. The van der Waals surface area contributed by atoms with Crippen molar-refractivity contribution in [1.82, 2.24) is 9.62 Å². The van der Waals surface area contributed by atoms with Gasteiger partial charge in [0.25, 0.3) is 15.9 Å². The molecule has 39 heavy (non-hydrogen) atoms. The highest BCUT2D eigenvalue weighted by molar-refractivity contribution is 7.90. The molecule has 0 aromatic heterocycles. The van der Waals surface area contributed by atoms with E-state index >= 15 is 0 Å². The Labute approximate surface area is 235 Å². The van der Waals surface area contributed by atoms with Gasteiger partial charge in [-0.25, -0.2) is 17.9 Å². The Morgan fingerprint density at radius 1 is 0.744 bits per heavy atom. The summed E-state index contributed by atoms with van der Waals surface area (Å²) in [6.07, 6.45) is 13.9. The van der Waals surface area contributed by atoms with Gasteiger partial charge in [-0.05, 0) is 50.1 Å². The Morgan fingerprint density at radius 3 is 1.85 bits per heavy atom. The molecular weight excluding hydrogens is 510 g/mol. The average molecular weight is 558 g/mol. The number of rotatable bonds is 18. The van der Waals surface area contributed by atoms with Crippen molar-refractivity contribution in [3.8, 4) is 0 Å². The van der Waals surface area contributed by atoms with E-state index in [2.05, 4.69) is 19.2 Å². The van der Waals surface area contributed by atoms with Crippen LogP contribution in [0.15, 0.2) is 53.4 Å². The third-order valence-corrected chi connectivity index (χ3v) is 8.12. The van der Waals surface area contributed by atoms with Crippen LogP contribution in [0.25, 0.3) is 0 Å². The predicted molar refractivity (Wildman–Crippen MR) is 160 cm³/mol. The van der Waals surface area contributed by atoms with Crippen LogP contribution in [0.5, 0.6) is 0 Å². The van der Waals surface area contributed by atoms with Crippen molar-refractivity contribution in [2.75, 3.05) is 18.4 Å². The maximum Gasteiger partial charge on any atom is 0.333 e. The summed E-state index contributed by atoms with van der Waals surface area (Å²) >= 11 is 0. The second kappa shape index (κ2) is 17.7. The lowest BCUT2D eigenvalue weighted by Crippen LogP contribution is -2.35. The molecule has 3 amide bonds. The van der Waals surface area contributed by atoms with Crippen LogP contribution in [0.2, 0.25) is 0 Å². The van der Waals surface area contributed by atoms with Crippen molar-refractivity contribution in [3.05, 3.63) is 59.7 Å². The van der Waals surface area contributed by atoms with Gasteiger partial charge in [0, 0.05) is 24.3 Å². The Bertz CT molecular complexity index is 1100. The predicted octanol–water partition coefficient (Wildman–Crippen LogP) is 7.67. The van der Waals surface area contributed by atoms with Crippen LogP contribution in [-0.4, -0.2) is 38.3 Å². The molecule has 0 aliphatic heterocycles. The topological polar surface area (TPSA) is 95.6 Å². The van der Waals surface area contributed by atoms with Gasteiger partial charge in [-0.3, -0.25) is 4.79 Å². The Kier molecular flexibility index (Phi) is 14.6. The summed E-state index contributed by atoms with van der Waals surface area (Å²) in [6, 6.07) is 12.0. The van der Waals surface area contributed by atoms with Crippen LogP contribution in [-0.2, 0) is 10.0 Å². The second-order valence-corrected chi connectivity index (χ2v) is 12.0. The van der Waals surface area contributed by atoms with Crippen LogP contribution in [0.3, 0.4) is 0 Å². The number of nitrogens with one attached hydrogen (secondary N) is 2.